The van der Waals surface area contributed by atoms with E-state index >= 15 is 0 Å². The van der Waals surface area contributed by atoms with Crippen LogP contribution in [0.1, 0.15) is 5.56 Å². The van der Waals surface area contributed by atoms with Crippen LogP contribution in [0.15, 0.2) is 40.5 Å². The Morgan fingerprint density at radius 2 is 2.09 bits per heavy atom. The van der Waals surface area contributed by atoms with E-state index < -0.39 is 17.8 Å². The molecule has 1 aliphatic heterocycles. The molecule has 2 rings (SSSR count). The van der Waals surface area contributed by atoms with E-state index in [1.165, 1.54) is 6.08 Å². The molecule has 0 aromatic heterocycles. The maximum atomic E-state index is 12.1. The number of carbonyl (C=O) groups excluding carboxylic acids is 2. The molecule has 0 saturated heterocycles. The minimum Gasteiger partial charge on any atom is -0.478 e. The second-order valence-electron chi connectivity index (χ2n) is 4.60. The highest BCUT2D eigenvalue weighted by Crippen LogP contribution is 2.25. The SMILES string of the molecule is O=C(O)C=Cc1ccc(Br)cc1NC1=CC(=O)N(CCO)C1=O. The summed E-state index contributed by atoms with van der Waals surface area (Å²) in [4.78, 5) is 35.4. The number of aliphatic carboxylic acids is 1. The fourth-order valence-corrected chi connectivity index (χ4v) is 2.36. The van der Waals surface area contributed by atoms with Gasteiger partial charge in [0.2, 0.25) is 0 Å². The van der Waals surface area contributed by atoms with Gasteiger partial charge in [-0.25, -0.2) is 4.79 Å². The first-order chi connectivity index (χ1) is 10.9. The van der Waals surface area contributed by atoms with Crippen molar-refractivity contribution in [1.29, 1.82) is 0 Å². The number of hydrogen-bond acceptors (Lipinski definition) is 5. The summed E-state index contributed by atoms with van der Waals surface area (Å²) in [7, 11) is 0. The lowest BCUT2D eigenvalue weighted by atomic mass is 10.1. The number of rotatable bonds is 6. The van der Waals surface area contributed by atoms with E-state index in [1.54, 1.807) is 18.2 Å². The highest BCUT2D eigenvalue weighted by atomic mass is 79.9. The number of hydrogen-bond donors (Lipinski definition) is 3. The molecular weight excluding hydrogens is 368 g/mol. The van der Waals surface area contributed by atoms with Crippen LogP contribution in [0.2, 0.25) is 0 Å². The molecule has 7 nitrogen and oxygen atoms in total. The Bertz CT molecular complexity index is 727. The van der Waals surface area contributed by atoms with Crippen LogP contribution >= 0.6 is 15.9 Å². The van der Waals surface area contributed by atoms with Crippen molar-refractivity contribution in [3.63, 3.8) is 0 Å². The number of carboxylic acids is 1. The number of β-amino-alcohol motifs (C(OH)–C–C–N with tert-alkyl or cyclic N) is 1. The van der Waals surface area contributed by atoms with Crippen LogP contribution in [0.25, 0.3) is 6.08 Å². The average molecular weight is 381 g/mol. The number of halogens is 1. The van der Waals surface area contributed by atoms with Gasteiger partial charge in [0.1, 0.15) is 5.70 Å². The third kappa shape index (κ3) is 4.05. The van der Waals surface area contributed by atoms with Crippen molar-refractivity contribution in [2.24, 2.45) is 0 Å². The van der Waals surface area contributed by atoms with E-state index in [2.05, 4.69) is 21.2 Å². The lowest BCUT2D eigenvalue weighted by Gasteiger charge is -2.14. The van der Waals surface area contributed by atoms with E-state index in [1.807, 2.05) is 0 Å². The van der Waals surface area contributed by atoms with E-state index in [4.69, 9.17) is 10.2 Å². The number of amides is 2. The van der Waals surface area contributed by atoms with Crippen LogP contribution < -0.4 is 5.32 Å². The molecule has 23 heavy (non-hydrogen) atoms. The molecule has 1 aliphatic rings. The van der Waals surface area contributed by atoms with Crippen LogP contribution in [0.3, 0.4) is 0 Å². The molecule has 120 valence electrons. The first-order valence-corrected chi connectivity index (χ1v) is 7.37. The van der Waals surface area contributed by atoms with Gasteiger partial charge >= 0.3 is 5.97 Å². The zero-order valence-corrected chi connectivity index (χ0v) is 13.4. The zero-order valence-electron chi connectivity index (χ0n) is 11.8. The molecule has 0 fully saturated rings. The van der Waals surface area contributed by atoms with Crippen LogP contribution in [-0.4, -0.2) is 46.0 Å². The van der Waals surface area contributed by atoms with Gasteiger partial charge in [0.05, 0.1) is 13.2 Å². The summed E-state index contributed by atoms with van der Waals surface area (Å²) in [6.45, 7) is -0.397. The van der Waals surface area contributed by atoms with E-state index in [-0.39, 0.29) is 18.8 Å². The van der Waals surface area contributed by atoms with E-state index in [0.29, 0.717) is 11.3 Å². The third-order valence-electron chi connectivity index (χ3n) is 3.02. The molecule has 0 aliphatic carbocycles. The molecular formula is C15H13BrN2O5. The summed E-state index contributed by atoms with van der Waals surface area (Å²) < 4.78 is 0.720. The highest BCUT2D eigenvalue weighted by molar-refractivity contribution is 9.10. The molecule has 0 spiro atoms. The molecule has 1 aromatic rings. The van der Waals surface area contributed by atoms with Crippen LogP contribution in [0.5, 0.6) is 0 Å². The second kappa shape index (κ2) is 7.21. The predicted molar refractivity (Wildman–Crippen MR) is 86.3 cm³/mol. The summed E-state index contributed by atoms with van der Waals surface area (Å²) in [6.07, 6.45) is 3.50. The van der Waals surface area contributed by atoms with Gasteiger partial charge in [-0.3, -0.25) is 14.5 Å². The number of imide groups is 1. The summed E-state index contributed by atoms with van der Waals surface area (Å²) in [6, 6.07) is 5.05. The Kier molecular flexibility index (Phi) is 5.30. The fraction of sp³-hybridized carbons (Fsp3) is 0.133. The monoisotopic (exact) mass is 380 g/mol. The summed E-state index contributed by atoms with van der Waals surface area (Å²) in [5.74, 6) is -2.15. The number of carbonyl (C=O) groups is 3. The number of benzene rings is 1. The molecule has 1 heterocycles. The standard InChI is InChI=1S/C15H13BrN2O5/c16-10-3-1-9(2-4-14(21)22)11(7-10)17-12-8-13(20)18(5-6-19)15(12)23/h1-4,7-8,17,19H,5-6H2,(H,21,22). The number of aliphatic hydroxyl groups is 1. The normalized spacial score (nSPS) is 14.5. The Balaban J connectivity index is 2.28. The number of anilines is 1. The van der Waals surface area contributed by atoms with Gasteiger partial charge < -0.3 is 15.5 Å². The van der Waals surface area contributed by atoms with Crippen molar-refractivity contribution in [3.05, 3.63) is 46.1 Å². The molecule has 1 aromatic carbocycles. The smallest absolute Gasteiger partial charge is 0.328 e. The first-order valence-electron chi connectivity index (χ1n) is 6.58. The minimum atomic E-state index is -1.10. The van der Waals surface area contributed by atoms with Crippen LogP contribution in [-0.2, 0) is 14.4 Å². The molecule has 0 saturated carbocycles. The lowest BCUT2D eigenvalue weighted by Crippen LogP contribution is -2.34. The topological polar surface area (TPSA) is 107 Å². The van der Waals surface area contributed by atoms with Gasteiger partial charge in [-0.2, -0.15) is 0 Å². The Morgan fingerprint density at radius 1 is 1.35 bits per heavy atom. The first kappa shape index (κ1) is 16.9. The summed E-state index contributed by atoms with van der Waals surface area (Å²) in [5, 5.41) is 20.4. The fourth-order valence-electron chi connectivity index (χ4n) is 2.00. The van der Waals surface area contributed by atoms with Crippen LogP contribution in [0.4, 0.5) is 5.69 Å². The molecule has 8 heteroatoms. The number of nitrogens with zero attached hydrogens (tertiary/aromatic N) is 1. The maximum absolute atomic E-state index is 12.1. The molecule has 0 unspecified atom stereocenters. The molecule has 0 bridgehead atoms. The van der Waals surface area contributed by atoms with Gasteiger partial charge in [-0.1, -0.05) is 22.0 Å². The van der Waals surface area contributed by atoms with Gasteiger partial charge in [-0.15, -0.1) is 0 Å². The summed E-state index contributed by atoms with van der Waals surface area (Å²) in [5.41, 5.74) is 1.07. The minimum absolute atomic E-state index is 0.0616. The number of nitrogens with one attached hydrogen (secondary N) is 1. The van der Waals surface area contributed by atoms with Crippen molar-refractivity contribution in [2.75, 3.05) is 18.5 Å². The average Bonchev–Trinajstić information content (AvgIpc) is 2.74. The number of carboxylic acid groups (broad SMARTS) is 1. The summed E-state index contributed by atoms with van der Waals surface area (Å²) >= 11 is 3.29. The maximum Gasteiger partial charge on any atom is 0.328 e. The van der Waals surface area contributed by atoms with E-state index in [0.717, 1.165) is 21.5 Å². The van der Waals surface area contributed by atoms with Gasteiger partial charge in [0.25, 0.3) is 11.8 Å². The Labute approximate surface area is 140 Å². The van der Waals surface area contributed by atoms with Crippen molar-refractivity contribution < 1.29 is 24.6 Å². The van der Waals surface area contributed by atoms with Crippen molar-refractivity contribution in [2.45, 2.75) is 0 Å². The van der Waals surface area contributed by atoms with Crippen molar-refractivity contribution >= 4 is 45.5 Å². The molecule has 2 amide bonds. The highest BCUT2D eigenvalue weighted by Gasteiger charge is 2.30. The van der Waals surface area contributed by atoms with E-state index in [9.17, 15) is 14.4 Å². The quantitative estimate of drug-likeness (QED) is 0.505. The molecule has 3 N–H and O–H groups in total. The molecule has 0 radical (unpaired) electrons. The van der Waals surface area contributed by atoms with Crippen LogP contribution in [0, 0.1) is 0 Å². The second-order valence-corrected chi connectivity index (χ2v) is 5.52. The van der Waals surface area contributed by atoms with Crippen molar-refractivity contribution in [3.8, 4) is 0 Å². The van der Waals surface area contributed by atoms with Crippen molar-refractivity contribution in [1.82, 2.24) is 4.90 Å². The number of aliphatic hydroxyl groups excluding tert-OH is 1. The Morgan fingerprint density at radius 3 is 2.74 bits per heavy atom. The van der Waals surface area contributed by atoms with Gasteiger partial charge in [-0.05, 0) is 23.8 Å². The molecule has 0 atom stereocenters. The zero-order chi connectivity index (χ0) is 17.0. The van der Waals surface area contributed by atoms with Gasteiger partial charge in [0, 0.05) is 22.3 Å². The lowest BCUT2D eigenvalue weighted by molar-refractivity contribution is -0.137. The third-order valence-corrected chi connectivity index (χ3v) is 3.52. The Hall–Kier alpha value is -2.45. The predicted octanol–water partition coefficient (Wildman–Crippen LogP) is 1.20. The largest absolute Gasteiger partial charge is 0.478 e. The van der Waals surface area contributed by atoms with Gasteiger partial charge in [0.15, 0.2) is 0 Å².